The van der Waals surface area contributed by atoms with Crippen LogP contribution in [0.15, 0.2) is 24.3 Å². The smallest absolute Gasteiger partial charge is 0.320 e. The Labute approximate surface area is 88.1 Å². The number of benzene rings is 1. The normalized spacial score (nSPS) is 20.5. The molecule has 1 aromatic rings. The maximum absolute atomic E-state index is 10.7. The summed E-state index contributed by atoms with van der Waals surface area (Å²) < 4.78 is 0. The van der Waals surface area contributed by atoms with Gasteiger partial charge in [-0.05, 0) is 18.1 Å². The number of hydrogen-bond donors (Lipinski definition) is 3. The number of aliphatic carboxylic acids is 1. The summed E-state index contributed by atoms with van der Waals surface area (Å²) in [5.74, 6) is -0.716. The van der Waals surface area contributed by atoms with Crippen LogP contribution in [0.2, 0.25) is 0 Å². The van der Waals surface area contributed by atoms with Crippen LogP contribution in [0.4, 0.5) is 5.69 Å². The van der Waals surface area contributed by atoms with Gasteiger partial charge in [0.2, 0.25) is 0 Å². The second-order valence-electron chi connectivity index (χ2n) is 3.85. The van der Waals surface area contributed by atoms with E-state index in [0.29, 0.717) is 6.42 Å². The van der Waals surface area contributed by atoms with E-state index >= 15 is 0 Å². The van der Waals surface area contributed by atoms with Gasteiger partial charge in [-0.2, -0.15) is 0 Å². The molecule has 80 valence electrons. The summed E-state index contributed by atoms with van der Waals surface area (Å²) in [5, 5.41) is 12.0. The molecular formula is C11H14N2O2. The number of nitrogens with one attached hydrogen (secondary N) is 1. The van der Waals surface area contributed by atoms with E-state index in [1.807, 2.05) is 24.3 Å². The van der Waals surface area contributed by atoms with Crippen LogP contribution in [0, 0.1) is 0 Å². The summed E-state index contributed by atoms with van der Waals surface area (Å²) in [6.45, 7) is 0.778. The third-order valence-corrected chi connectivity index (χ3v) is 2.80. The van der Waals surface area contributed by atoms with Gasteiger partial charge in [-0.15, -0.1) is 0 Å². The van der Waals surface area contributed by atoms with Crippen LogP contribution in [0.1, 0.15) is 17.9 Å². The average Bonchev–Trinajstić information content (AvgIpc) is 2.62. The largest absolute Gasteiger partial charge is 0.480 e. The predicted octanol–water partition coefficient (Wildman–Crippen LogP) is 0.998. The zero-order chi connectivity index (χ0) is 10.8. The van der Waals surface area contributed by atoms with Gasteiger partial charge in [0.25, 0.3) is 0 Å². The molecule has 0 fully saturated rings. The van der Waals surface area contributed by atoms with Gasteiger partial charge in [-0.1, -0.05) is 18.2 Å². The Morgan fingerprint density at radius 1 is 1.60 bits per heavy atom. The van der Waals surface area contributed by atoms with E-state index in [2.05, 4.69) is 5.32 Å². The summed E-state index contributed by atoms with van der Waals surface area (Å²) in [6, 6.07) is 7.18. The van der Waals surface area contributed by atoms with Crippen LogP contribution in [0.3, 0.4) is 0 Å². The lowest BCUT2D eigenvalue weighted by Crippen LogP contribution is -2.32. The predicted molar refractivity (Wildman–Crippen MR) is 57.9 cm³/mol. The molecule has 0 bridgehead atoms. The molecule has 4 heteroatoms. The highest BCUT2D eigenvalue weighted by Crippen LogP contribution is 2.33. The van der Waals surface area contributed by atoms with Gasteiger partial charge in [0.05, 0.1) is 0 Å². The number of carboxylic acids is 1. The highest BCUT2D eigenvalue weighted by molar-refractivity contribution is 5.73. The molecule has 0 saturated heterocycles. The molecule has 2 atom stereocenters. The van der Waals surface area contributed by atoms with Crippen LogP contribution in [-0.2, 0) is 4.79 Å². The number of anilines is 1. The fourth-order valence-corrected chi connectivity index (χ4v) is 1.97. The Balaban J connectivity index is 2.11. The summed E-state index contributed by atoms with van der Waals surface area (Å²) in [6.07, 6.45) is 0.485. The quantitative estimate of drug-likeness (QED) is 0.689. The molecular weight excluding hydrogens is 192 g/mol. The van der Waals surface area contributed by atoms with E-state index in [4.69, 9.17) is 10.8 Å². The molecule has 1 aliphatic rings. The first-order valence-electron chi connectivity index (χ1n) is 4.99. The van der Waals surface area contributed by atoms with E-state index < -0.39 is 12.0 Å². The fraction of sp³-hybridized carbons (Fsp3) is 0.364. The third kappa shape index (κ3) is 1.94. The number of fused-ring (bicyclic) bond motifs is 1. The lowest BCUT2D eigenvalue weighted by Gasteiger charge is -2.12. The van der Waals surface area contributed by atoms with Crippen molar-refractivity contribution in [2.75, 3.05) is 11.9 Å². The minimum atomic E-state index is -0.931. The topological polar surface area (TPSA) is 75.3 Å². The number of para-hydroxylation sites is 1. The second kappa shape index (κ2) is 3.90. The molecule has 2 rings (SSSR count). The number of nitrogens with two attached hydrogens (primary N) is 1. The SMILES string of the molecule is N[C@H](CC1CNc2ccccc21)C(=O)O. The molecule has 0 saturated carbocycles. The molecule has 1 aromatic carbocycles. The number of rotatable bonds is 3. The minimum absolute atomic E-state index is 0.215. The Kier molecular flexibility index (Phi) is 2.60. The first kappa shape index (κ1) is 9.98. The van der Waals surface area contributed by atoms with Crippen LogP contribution in [0.5, 0.6) is 0 Å². The average molecular weight is 206 g/mol. The molecule has 1 unspecified atom stereocenters. The minimum Gasteiger partial charge on any atom is -0.480 e. The van der Waals surface area contributed by atoms with Crippen molar-refractivity contribution in [1.82, 2.24) is 0 Å². The molecule has 1 aliphatic heterocycles. The molecule has 0 amide bonds. The van der Waals surface area contributed by atoms with Gasteiger partial charge in [0, 0.05) is 18.2 Å². The Hall–Kier alpha value is -1.55. The van der Waals surface area contributed by atoms with Crippen molar-refractivity contribution in [1.29, 1.82) is 0 Å². The highest BCUT2D eigenvalue weighted by atomic mass is 16.4. The lowest BCUT2D eigenvalue weighted by molar-refractivity contribution is -0.138. The monoisotopic (exact) mass is 206 g/mol. The van der Waals surface area contributed by atoms with Crippen molar-refractivity contribution in [2.45, 2.75) is 18.4 Å². The lowest BCUT2D eigenvalue weighted by atomic mass is 9.94. The standard InChI is InChI=1S/C11H14N2O2/c12-9(11(14)15)5-7-6-13-10-4-2-1-3-8(7)10/h1-4,7,9,13H,5-6,12H2,(H,14,15)/t7?,9-/m1/s1. The second-order valence-corrected chi connectivity index (χ2v) is 3.85. The number of carboxylic acid groups (broad SMARTS) is 1. The maximum Gasteiger partial charge on any atom is 0.320 e. The maximum atomic E-state index is 10.7. The van der Waals surface area contributed by atoms with E-state index in [1.165, 1.54) is 5.56 Å². The summed E-state index contributed by atoms with van der Waals surface area (Å²) in [7, 11) is 0. The van der Waals surface area contributed by atoms with Crippen molar-refractivity contribution < 1.29 is 9.90 Å². The molecule has 15 heavy (non-hydrogen) atoms. The van der Waals surface area contributed by atoms with Crippen molar-refractivity contribution in [3.8, 4) is 0 Å². The number of hydrogen-bond acceptors (Lipinski definition) is 3. The van der Waals surface area contributed by atoms with Crippen LogP contribution < -0.4 is 11.1 Å². The van der Waals surface area contributed by atoms with E-state index in [1.54, 1.807) is 0 Å². The molecule has 4 nitrogen and oxygen atoms in total. The third-order valence-electron chi connectivity index (χ3n) is 2.80. The highest BCUT2D eigenvalue weighted by Gasteiger charge is 2.25. The van der Waals surface area contributed by atoms with Crippen molar-refractivity contribution >= 4 is 11.7 Å². The first-order valence-corrected chi connectivity index (χ1v) is 4.99. The Bertz CT molecular complexity index is 379. The van der Waals surface area contributed by atoms with Crippen molar-refractivity contribution in [3.05, 3.63) is 29.8 Å². The zero-order valence-electron chi connectivity index (χ0n) is 8.31. The molecule has 4 N–H and O–H groups in total. The fourth-order valence-electron chi connectivity index (χ4n) is 1.97. The van der Waals surface area contributed by atoms with Crippen LogP contribution in [0.25, 0.3) is 0 Å². The van der Waals surface area contributed by atoms with Gasteiger partial charge in [0.15, 0.2) is 0 Å². The molecule has 0 aliphatic carbocycles. The van der Waals surface area contributed by atoms with Crippen LogP contribution in [-0.4, -0.2) is 23.7 Å². The zero-order valence-corrected chi connectivity index (χ0v) is 8.31. The van der Waals surface area contributed by atoms with Gasteiger partial charge in [0.1, 0.15) is 6.04 Å². The van der Waals surface area contributed by atoms with Crippen LogP contribution >= 0.6 is 0 Å². The summed E-state index contributed by atoms with van der Waals surface area (Å²) >= 11 is 0. The molecule has 0 aromatic heterocycles. The first-order chi connectivity index (χ1) is 7.18. The summed E-state index contributed by atoms with van der Waals surface area (Å²) in [5.41, 5.74) is 7.80. The number of carbonyl (C=O) groups is 1. The van der Waals surface area contributed by atoms with E-state index in [-0.39, 0.29) is 5.92 Å². The van der Waals surface area contributed by atoms with Crippen molar-refractivity contribution in [2.24, 2.45) is 5.73 Å². The summed E-state index contributed by atoms with van der Waals surface area (Å²) in [4.78, 5) is 10.7. The molecule has 1 heterocycles. The van der Waals surface area contributed by atoms with E-state index in [0.717, 1.165) is 12.2 Å². The van der Waals surface area contributed by atoms with Gasteiger partial charge < -0.3 is 16.2 Å². The molecule has 0 spiro atoms. The van der Waals surface area contributed by atoms with E-state index in [9.17, 15) is 4.79 Å². The molecule has 0 radical (unpaired) electrons. The van der Waals surface area contributed by atoms with Gasteiger partial charge in [-0.3, -0.25) is 4.79 Å². The Morgan fingerprint density at radius 3 is 3.07 bits per heavy atom. The van der Waals surface area contributed by atoms with Crippen molar-refractivity contribution in [3.63, 3.8) is 0 Å². The Morgan fingerprint density at radius 2 is 2.33 bits per heavy atom. The van der Waals surface area contributed by atoms with Gasteiger partial charge >= 0.3 is 5.97 Å². The van der Waals surface area contributed by atoms with Gasteiger partial charge in [-0.25, -0.2) is 0 Å².